The summed E-state index contributed by atoms with van der Waals surface area (Å²) < 4.78 is 19.4. The molecule has 0 amide bonds. The van der Waals surface area contributed by atoms with Gasteiger partial charge in [0.25, 0.3) is 0 Å². The molecule has 1 atom stereocenters. The van der Waals surface area contributed by atoms with E-state index in [1.807, 2.05) is 22.6 Å². The number of carbonyl (C=O) groups is 2. The first-order chi connectivity index (χ1) is 11.1. The molecule has 4 nitrogen and oxygen atoms in total. The van der Waals surface area contributed by atoms with Crippen LogP contribution in [0.15, 0.2) is 40.7 Å². The average molecular weight is 425 g/mol. The van der Waals surface area contributed by atoms with Crippen LogP contribution in [0.5, 0.6) is 0 Å². The van der Waals surface area contributed by atoms with Gasteiger partial charge in [-0.2, -0.15) is 0 Å². The molecule has 118 valence electrons. The number of ketones is 2. The predicted octanol–water partition coefficient (Wildman–Crippen LogP) is 2.59. The summed E-state index contributed by atoms with van der Waals surface area (Å²) in [7, 11) is 0. The highest BCUT2D eigenvalue weighted by Crippen LogP contribution is 2.44. The number of hydrogen-bond acceptors (Lipinski definition) is 4. The van der Waals surface area contributed by atoms with Crippen molar-refractivity contribution in [3.63, 3.8) is 0 Å². The number of benzene rings is 1. The molecule has 1 aromatic rings. The number of hydrogen-bond donors (Lipinski definition) is 1. The summed E-state index contributed by atoms with van der Waals surface area (Å²) >= 11 is 1.93. The molecular formula is C17H13FINO3. The van der Waals surface area contributed by atoms with Crippen molar-refractivity contribution in [1.82, 2.24) is 5.32 Å². The van der Waals surface area contributed by atoms with Crippen LogP contribution in [0.2, 0.25) is 0 Å². The van der Waals surface area contributed by atoms with Gasteiger partial charge in [0, 0.05) is 38.4 Å². The Morgan fingerprint density at radius 1 is 1.09 bits per heavy atom. The highest BCUT2D eigenvalue weighted by molar-refractivity contribution is 14.1. The quantitative estimate of drug-likeness (QED) is 0.704. The number of halogens is 2. The van der Waals surface area contributed by atoms with Gasteiger partial charge in [-0.3, -0.25) is 9.59 Å². The van der Waals surface area contributed by atoms with Crippen molar-refractivity contribution < 1.29 is 18.7 Å². The molecule has 1 unspecified atom stereocenters. The smallest absolute Gasteiger partial charge is 0.187 e. The molecule has 1 N–H and O–H groups in total. The van der Waals surface area contributed by atoms with E-state index in [2.05, 4.69) is 5.32 Å². The van der Waals surface area contributed by atoms with Gasteiger partial charge in [-0.05, 0) is 46.7 Å². The monoisotopic (exact) mass is 425 g/mol. The lowest BCUT2D eigenvalue weighted by Gasteiger charge is -2.33. The second-order valence-corrected chi connectivity index (χ2v) is 7.02. The Balaban J connectivity index is 1.91. The maximum atomic E-state index is 13.6. The van der Waals surface area contributed by atoms with E-state index in [0.717, 1.165) is 17.0 Å². The molecule has 0 radical (unpaired) electrons. The third kappa shape index (κ3) is 2.35. The Bertz CT molecular complexity index is 812. The Kier molecular flexibility index (Phi) is 3.60. The minimum Gasteiger partial charge on any atom is -0.367 e. The van der Waals surface area contributed by atoms with E-state index in [1.165, 1.54) is 6.07 Å². The molecule has 4 rings (SSSR count). The van der Waals surface area contributed by atoms with Crippen molar-refractivity contribution in [1.29, 1.82) is 0 Å². The number of dihydropyridines is 1. The minimum absolute atomic E-state index is 0.0199. The van der Waals surface area contributed by atoms with E-state index in [0.29, 0.717) is 34.2 Å². The van der Waals surface area contributed by atoms with Gasteiger partial charge in [-0.25, -0.2) is 4.39 Å². The second-order valence-electron chi connectivity index (χ2n) is 5.86. The zero-order valence-corrected chi connectivity index (χ0v) is 14.3. The van der Waals surface area contributed by atoms with Gasteiger partial charge in [-0.1, -0.05) is 6.07 Å². The maximum absolute atomic E-state index is 13.6. The third-order valence-corrected chi connectivity index (χ3v) is 5.32. The van der Waals surface area contributed by atoms with Crippen molar-refractivity contribution in [3.05, 3.63) is 55.7 Å². The fourth-order valence-corrected chi connectivity index (χ4v) is 4.04. The van der Waals surface area contributed by atoms with Gasteiger partial charge in [0.2, 0.25) is 0 Å². The van der Waals surface area contributed by atoms with Crippen LogP contribution in [0.25, 0.3) is 0 Å². The summed E-state index contributed by atoms with van der Waals surface area (Å²) in [6.07, 6.45) is 1.09. The summed E-state index contributed by atoms with van der Waals surface area (Å²) in [5.74, 6) is -0.776. The Morgan fingerprint density at radius 3 is 2.65 bits per heavy atom. The Morgan fingerprint density at radius 2 is 1.87 bits per heavy atom. The normalized spacial score (nSPS) is 23.8. The van der Waals surface area contributed by atoms with Crippen molar-refractivity contribution >= 4 is 34.2 Å². The number of ether oxygens (including phenoxy) is 1. The fraction of sp³-hybridized carbons (Fsp3) is 0.294. The molecule has 0 saturated heterocycles. The largest absolute Gasteiger partial charge is 0.367 e. The maximum Gasteiger partial charge on any atom is 0.187 e. The highest BCUT2D eigenvalue weighted by Gasteiger charge is 2.41. The molecule has 6 heteroatoms. The van der Waals surface area contributed by atoms with Crippen molar-refractivity contribution in [2.45, 2.75) is 18.8 Å². The summed E-state index contributed by atoms with van der Waals surface area (Å²) in [6.45, 7) is 0.354. The van der Waals surface area contributed by atoms with Gasteiger partial charge in [0.1, 0.15) is 12.4 Å². The zero-order valence-electron chi connectivity index (χ0n) is 12.1. The molecule has 0 spiro atoms. The van der Waals surface area contributed by atoms with Crippen LogP contribution in [0, 0.1) is 9.39 Å². The van der Waals surface area contributed by atoms with Crippen molar-refractivity contribution in [2.75, 3.05) is 13.2 Å². The number of allylic oxidation sites excluding steroid dienone is 2. The Hall–Kier alpha value is -1.54. The lowest BCUT2D eigenvalue weighted by atomic mass is 9.78. The third-order valence-electron chi connectivity index (χ3n) is 4.49. The first kappa shape index (κ1) is 15.0. The average Bonchev–Trinajstić information content (AvgIpc) is 2.90. The predicted molar refractivity (Wildman–Crippen MR) is 89.1 cm³/mol. The van der Waals surface area contributed by atoms with E-state index >= 15 is 0 Å². The van der Waals surface area contributed by atoms with Gasteiger partial charge in [0.15, 0.2) is 11.6 Å². The molecule has 1 aliphatic carbocycles. The summed E-state index contributed by atoms with van der Waals surface area (Å²) in [6, 6.07) is 4.77. The van der Waals surface area contributed by atoms with Crippen LogP contribution in [-0.4, -0.2) is 24.8 Å². The summed E-state index contributed by atoms with van der Waals surface area (Å²) in [5, 5.41) is 3.22. The number of rotatable bonds is 1. The fourth-order valence-electron chi connectivity index (χ4n) is 3.50. The lowest BCUT2D eigenvalue weighted by molar-refractivity contribution is -0.121. The van der Waals surface area contributed by atoms with Crippen molar-refractivity contribution in [3.8, 4) is 0 Å². The Labute approximate surface area is 145 Å². The summed E-state index contributed by atoms with van der Waals surface area (Å²) in [5.41, 5.74) is 3.63. The topological polar surface area (TPSA) is 55.4 Å². The molecule has 0 saturated carbocycles. The molecule has 2 heterocycles. The lowest BCUT2D eigenvalue weighted by Crippen LogP contribution is -2.36. The second kappa shape index (κ2) is 5.52. The minimum atomic E-state index is -0.415. The summed E-state index contributed by atoms with van der Waals surface area (Å²) in [4.78, 5) is 24.8. The first-order valence-corrected chi connectivity index (χ1v) is 8.46. The molecule has 3 aliphatic rings. The number of nitrogens with one attached hydrogen (secondary N) is 1. The molecule has 23 heavy (non-hydrogen) atoms. The zero-order chi connectivity index (χ0) is 16.1. The molecule has 0 fully saturated rings. The van der Waals surface area contributed by atoms with Crippen LogP contribution < -0.4 is 5.32 Å². The van der Waals surface area contributed by atoms with Crippen LogP contribution in [0.1, 0.15) is 24.3 Å². The van der Waals surface area contributed by atoms with E-state index < -0.39 is 5.92 Å². The van der Waals surface area contributed by atoms with Crippen LogP contribution in [-0.2, 0) is 14.3 Å². The van der Waals surface area contributed by atoms with E-state index in [4.69, 9.17) is 4.74 Å². The first-order valence-electron chi connectivity index (χ1n) is 7.38. The molecule has 1 aromatic carbocycles. The van der Waals surface area contributed by atoms with Gasteiger partial charge in [-0.15, -0.1) is 0 Å². The molecule has 0 bridgehead atoms. The SMILES string of the molecule is O=C1CCC2=C1C(c1ccc(F)c(I)c1)C1=C(COCC1=O)N2. The number of carbonyl (C=O) groups excluding carboxylic acids is 2. The highest BCUT2D eigenvalue weighted by atomic mass is 127. The molecule has 2 aliphatic heterocycles. The van der Waals surface area contributed by atoms with Gasteiger partial charge >= 0.3 is 0 Å². The van der Waals surface area contributed by atoms with Crippen LogP contribution >= 0.6 is 22.6 Å². The van der Waals surface area contributed by atoms with Crippen molar-refractivity contribution in [2.24, 2.45) is 0 Å². The van der Waals surface area contributed by atoms with Gasteiger partial charge in [0.05, 0.1) is 6.61 Å². The van der Waals surface area contributed by atoms with Gasteiger partial charge < -0.3 is 10.1 Å². The van der Waals surface area contributed by atoms with Crippen LogP contribution in [0.4, 0.5) is 4.39 Å². The molecular weight excluding hydrogens is 412 g/mol. The molecule has 0 aromatic heterocycles. The van der Waals surface area contributed by atoms with E-state index in [-0.39, 0.29) is 24.0 Å². The van der Waals surface area contributed by atoms with Crippen LogP contribution in [0.3, 0.4) is 0 Å². The standard InChI is InChI=1S/C17H13FINO3/c18-9-2-1-8(5-10(9)19)15-16-11(3-4-13(16)21)20-12-6-23-7-14(22)17(12)15/h1-2,5,15,20H,3-4,6-7H2. The number of Topliss-reactive ketones (excluding diaryl/α,β-unsaturated/α-hetero) is 2. The van der Waals surface area contributed by atoms with E-state index in [9.17, 15) is 14.0 Å². The van der Waals surface area contributed by atoms with E-state index in [1.54, 1.807) is 12.1 Å².